The number of carbonyl (C=O) groups is 1. The van der Waals surface area contributed by atoms with Gasteiger partial charge in [-0.05, 0) is 27.9 Å². The molecule has 3 N–H and O–H groups in total. The molecule has 0 fully saturated rings. The lowest BCUT2D eigenvalue weighted by Gasteiger charge is -2.10. The number of likely N-dealkylation sites (N-methyl/N-ethyl adjacent to an activating group) is 1. The Kier molecular flexibility index (Phi) is 6.47. The van der Waals surface area contributed by atoms with Crippen LogP contribution >= 0.6 is 0 Å². The third kappa shape index (κ3) is 5.18. The molecule has 0 aliphatic carbocycles. The standard InChI is InChI=1S/C13H25N5O2/c1-10-13(14)11(2)18(16-10)9-12(19)15-5-7-20-8-6-17(3)4/h5-9,14H2,1-4H3,(H,15,19). The molecule has 0 unspecified atom stereocenters. The number of carbonyl (C=O) groups excluding carboxylic acids is 1. The van der Waals surface area contributed by atoms with Crippen molar-refractivity contribution in [1.82, 2.24) is 20.0 Å². The van der Waals surface area contributed by atoms with E-state index >= 15 is 0 Å². The maximum absolute atomic E-state index is 11.7. The molecule has 0 bridgehead atoms. The predicted molar refractivity (Wildman–Crippen MR) is 78.5 cm³/mol. The normalized spacial score (nSPS) is 11.1. The zero-order chi connectivity index (χ0) is 15.1. The molecule has 1 aromatic rings. The van der Waals surface area contributed by atoms with E-state index in [1.165, 1.54) is 0 Å². The number of ether oxygens (including phenoxy) is 1. The lowest BCUT2D eigenvalue weighted by atomic mass is 10.3. The van der Waals surface area contributed by atoms with Gasteiger partial charge in [0.05, 0.1) is 30.3 Å². The highest BCUT2D eigenvalue weighted by Gasteiger charge is 2.10. The van der Waals surface area contributed by atoms with Crippen molar-refractivity contribution in [2.45, 2.75) is 20.4 Å². The number of aromatic nitrogens is 2. The summed E-state index contributed by atoms with van der Waals surface area (Å²) in [6.45, 7) is 6.42. The van der Waals surface area contributed by atoms with Gasteiger partial charge in [-0.15, -0.1) is 0 Å². The van der Waals surface area contributed by atoms with E-state index in [1.54, 1.807) is 4.68 Å². The van der Waals surface area contributed by atoms with E-state index in [-0.39, 0.29) is 12.5 Å². The van der Waals surface area contributed by atoms with Crippen LogP contribution in [0.3, 0.4) is 0 Å². The van der Waals surface area contributed by atoms with Gasteiger partial charge >= 0.3 is 0 Å². The van der Waals surface area contributed by atoms with Crippen LogP contribution in [0.1, 0.15) is 11.4 Å². The SMILES string of the molecule is Cc1nn(CC(=O)NCCOCCN(C)C)c(C)c1N. The number of nitrogen functional groups attached to an aromatic ring is 1. The highest BCUT2D eigenvalue weighted by atomic mass is 16.5. The van der Waals surface area contributed by atoms with E-state index in [2.05, 4.69) is 10.4 Å². The molecule has 0 spiro atoms. The first-order valence-electron chi connectivity index (χ1n) is 6.70. The number of nitrogens with one attached hydrogen (secondary N) is 1. The molecule has 7 heteroatoms. The van der Waals surface area contributed by atoms with Gasteiger partial charge in [0.2, 0.25) is 5.91 Å². The van der Waals surface area contributed by atoms with E-state index in [0.717, 1.165) is 17.9 Å². The zero-order valence-electron chi connectivity index (χ0n) is 12.8. The van der Waals surface area contributed by atoms with Gasteiger partial charge in [0.15, 0.2) is 0 Å². The van der Waals surface area contributed by atoms with Crippen LogP contribution in [0.25, 0.3) is 0 Å². The zero-order valence-corrected chi connectivity index (χ0v) is 12.8. The molecule has 114 valence electrons. The Hall–Kier alpha value is -1.60. The minimum absolute atomic E-state index is 0.0909. The average Bonchev–Trinajstić information content (AvgIpc) is 2.61. The van der Waals surface area contributed by atoms with Crippen molar-refractivity contribution < 1.29 is 9.53 Å². The molecule has 1 aromatic heterocycles. The highest BCUT2D eigenvalue weighted by Crippen LogP contribution is 2.14. The van der Waals surface area contributed by atoms with Crippen molar-refractivity contribution in [1.29, 1.82) is 0 Å². The van der Waals surface area contributed by atoms with Crippen molar-refractivity contribution in [2.75, 3.05) is 46.1 Å². The van der Waals surface area contributed by atoms with Crippen LogP contribution in [0.5, 0.6) is 0 Å². The largest absolute Gasteiger partial charge is 0.396 e. The van der Waals surface area contributed by atoms with Gasteiger partial charge in [0, 0.05) is 13.1 Å². The monoisotopic (exact) mass is 283 g/mol. The fourth-order valence-corrected chi connectivity index (χ4v) is 1.67. The lowest BCUT2D eigenvalue weighted by Crippen LogP contribution is -2.31. The first-order valence-corrected chi connectivity index (χ1v) is 6.70. The molecule has 0 radical (unpaired) electrons. The molecule has 0 saturated carbocycles. The van der Waals surface area contributed by atoms with Crippen LogP contribution in [0.2, 0.25) is 0 Å². The summed E-state index contributed by atoms with van der Waals surface area (Å²) in [5.41, 5.74) is 8.03. The average molecular weight is 283 g/mol. The van der Waals surface area contributed by atoms with Gasteiger partial charge in [0.1, 0.15) is 6.54 Å². The van der Waals surface area contributed by atoms with Crippen molar-refractivity contribution in [3.05, 3.63) is 11.4 Å². The third-order valence-electron chi connectivity index (χ3n) is 2.98. The van der Waals surface area contributed by atoms with Crippen molar-refractivity contribution >= 4 is 11.6 Å². The number of nitrogens with zero attached hydrogens (tertiary/aromatic N) is 3. The van der Waals surface area contributed by atoms with E-state index in [9.17, 15) is 4.79 Å². The first-order chi connectivity index (χ1) is 9.41. The Morgan fingerprint density at radius 3 is 2.65 bits per heavy atom. The molecular formula is C13H25N5O2. The molecular weight excluding hydrogens is 258 g/mol. The second-order valence-electron chi connectivity index (χ2n) is 5.01. The number of hydrogen-bond donors (Lipinski definition) is 2. The van der Waals surface area contributed by atoms with Crippen molar-refractivity contribution in [3.8, 4) is 0 Å². The third-order valence-corrected chi connectivity index (χ3v) is 2.98. The van der Waals surface area contributed by atoms with Crippen LogP contribution in [0, 0.1) is 13.8 Å². The highest BCUT2D eigenvalue weighted by molar-refractivity contribution is 5.75. The summed E-state index contributed by atoms with van der Waals surface area (Å²) in [7, 11) is 3.98. The maximum atomic E-state index is 11.7. The van der Waals surface area contributed by atoms with E-state index < -0.39 is 0 Å². The number of rotatable bonds is 8. The lowest BCUT2D eigenvalue weighted by molar-refractivity contribution is -0.122. The maximum Gasteiger partial charge on any atom is 0.241 e. The van der Waals surface area contributed by atoms with Gasteiger partial charge in [-0.25, -0.2) is 0 Å². The molecule has 1 amide bonds. The van der Waals surface area contributed by atoms with Crippen LogP contribution in [-0.4, -0.2) is 61.0 Å². The van der Waals surface area contributed by atoms with Crippen LogP contribution in [0.4, 0.5) is 5.69 Å². The van der Waals surface area contributed by atoms with Gasteiger partial charge in [-0.1, -0.05) is 0 Å². The summed E-state index contributed by atoms with van der Waals surface area (Å²) in [5.74, 6) is -0.0909. The Bertz CT molecular complexity index is 442. The summed E-state index contributed by atoms with van der Waals surface area (Å²) in [5, 5.41) is 7.02. The number of hydrogen-bond acceptors (Lipinski definition) is 5. The van der Waals surface area contributed by atoms with Gasteiger partial charge in [-0.3, -0.25) is 9.48 Å². The molecule has 0 saturated heterocycles. The number of amides is 1. The first kappa shape index (κ1) is 16.5. The number of anilines is 1. The van der Waals surface area contributed by atoms with Crippen molar-refractivity contribution in [3.63, 3.8) is 0 Å². The van der Waals surface area contributed by atoms with E-state index in [0.29, 0.717) is 25.4 Å². The van der Waals surface area contributed by atoms with Gasteiger partial charge in [-0.2, -0.15) is 5.10 Å². The Labute approximate surface area is 120 Å². The molecule has 7 nitrogen and oxygen atoms in total. The second kappa shape index (κ2) is 7.86. The van der Waals surface area contributed by atoms with Crippen LogP contribution < -0.4 is 11.1 Å². The number of aryl methyl sites for hydroxylation is 1. The minimum Gasteiger partial charge on any atom is -0.396 e. The van der Waals surface area contributed by atoms with Crippen LogP contribution in [-0.2, 0) is 16.1 Å². The Morgan fingerprint density at radius 2 is 2.10 bits per heavy atom. The van der Waals surface area contributed by atoms with Crippen LogP contribution in [0.15, 0.2) is 0 Å². The predicted octanol–water partition coefficient (Wildman–Crippen LogP) is -0.223. The summed E-state index contributed by atoms with van der Waals surface area (Å²) in [6.07, 6.45) is 0. The summed E-state index contributed by atoms with van der Waals surface area (Å²) < 4.78 is 7.01. The quantitative estimate of drug-likeness (QED) is 0.644. The van der Waals surface area contributed by atoms with Crippen molar-refractivity contribution in [2.24, 2.45) is 0 Å². The Balaban J connectivity index is 2.22. The molecule has 1 rings (SSSR count). The van der Waals surface area contributed by atoms with Gasteiger partial charge in [0.25, 0.3) is 0 Å². The molecule has 0 aromatic carbocycles. The summed E-state index contributed by atoms with van der Waals surface area (Å²) in [4.78, 5) is 13.8. The minimum atomic E-state index is -0.0909. The van der Waals surface area contributed by atoms with E-state index in [1.807, 2.05) is 32.8 Å². The molecule has 20 heavy (non-hydrogen) atoms. The fraction of sp³-hybridized carbons (Fsp3) is 0.692. The molecule has 1 heterocycles. The molecule has 0 aliphatic rings. The molecule has 0 atom stereocenters. The topological polar surface area (TPSA) is 85.4 Å². The summed E-state index contributed by atoms with van der Waals surface area (Å²) >= 11 is 0. The summed E-state index contributed by atoms with van der Waals surface area (Å²) in [6, 6.07) is 0. The fourth-order valence-electron chi connectivity index (χ4n) is 1.67. The smallest absolute Gasteiger partial charge is 0.241 e. The number of nitrogens with two attached hydrogens (primary N) is 1. The second-order valence-corrected chi connectivity index (χ2v) is 5.01. The van der Waals surface area contributed by atoms with Gasteiger partial charge < -0.3 is 20.7 Å². The molecule has 0 aliphatic heterocycles. The van der Waals surface area contributed by atoms with E-state index in [4.69, 9.17) is 10.5 Å². The Morgan fingerprint density at radius 1 is 1.40 bits per heavy atom.